The van der Waals surface area contributed by atoms with Crippen LogP contribution in [0, 0.1) is 6.92 Å². The van der Waals surface area contributed by atoms with E-state index in [4.69, 9.17) is 4.74 Å². The number of ether oxygens (including phenoxy) is 3. The fourth-order valence-electron chi connectivity index (χ4n) is 4.58. The molecule has 1 aliphatic heterocycles. The number of carbonyl (C=O) groups is 2. The first kappa shape index (κ1) is 22.8. The van der Waals surface area contributed by atoms with Gasteiger partial charge in [0.05, 0.1) is 18.1 Å². The van der Waals surface area contributed by atoms with Gasteiger partial charge in [-0.05, 0) is 72.4 Å². The smallest absolute Gasteiger partial charge is 0.496 e. The number of rotatable bonds is 7. The van der Waals surface area contributed by atoms with Gasteiger partial charge in [-0.2, -0.15) is 0 Å². The van der Waals surface area contributed by atoms with Crippen molar-refractivity contribution in [2.24, 2.45) is 0 Å². The van der Waals surface area contributed by atoms with E-state index in [1.165, 1.54) is 25.3 Å². The highest BCUT2D eigenvalue weighted by Gasteiger charge is 2.52. The van der Waals surface area contributed by atoms with Gasteiger partial charge in [0.15, 0.2) is 11.5 Å². The predicted molar refractivity (Wildman–Crippen MR) is 125 cm³/mol. The molecule has 1 N–H and O–H groups in total. The molecule has 5 rings (SSSR count). The summed E-state index contributed by atoms with van der Waals surface area (Å²) < 4.78 is 41.3. The minimum absolute atomic E-state index is 0. The van der Waals surface area contributed by atoms with Crippen molar-refractivity contribution < 1.29 is 39.1 Å². The molecule has 0 aromatic heterocycles. The number of hydrogen-bond donors (Lipinski definition) is 1. The van der Waals surface area contributed by atoms with E-state index >= 15 is 0 Å². The quantitative estimate of drug-likeness (QED) is 0.460. The van der Waals surface area contributed by atoms with Crippen LogP contribution in [0.3, 0.4) is 0 Å². The summed E-state index contributed by atoms with van der Waals surface area (Å²) in [6, 6.07) is 14.8. The second-order valence-corrected chi connectivity index (χ2v) is 8.88. The monoisotopic (exact) mass is 482 g/mol. The molecule has 0 saturated heterocycles. The second-order valence-electron chi connectivity index (χ2n) is 8.88. The number of carbonyl (C=O) groups excluding carboxylic acids is 1. The normalized spacial score (nSPS) is 16.6. The summed E-state index contributed by atoms with van der Waals surface area (Å²) >= 11 is 0. The highest BCUT2D eigenvalue weighted by atomic mass is 19.3. The maximum atomic E-state index is 13.4. The van der Waals surface area contributed by atoms with Crippen LogP contribution in [0.5, 0.6) is 17.2 Å². The van der Waals surface area contributed by atoms with Gasteiger partial charge in [-0.3, -0.25) is 4.79 Å². The van der Waals surface area contributed by atoms with Gasteiger partial charge in [0, 0.05) is 13.4 Å². The number of carboxylic acids is 1. The van der Waals surface area contributed by atoms with Crippen LogP contribution in [0.25, 0.3) is 11.1 Å². The molecule has 2 aliphatic rings. The van der Waals surface area contributed by atoms with Gasteiger partial charge in [0.25, 0.3) is 0 Å². The number of hydrogen-bond acceptors (Lipinski definition) is 5. The number of carboxylic acid groups (broad SMARTS) is 1. The minimum atomic E-state index is -3.71. The van der Waals surface area contributed by atoms with Crippen LogP contribution in [-0.2, 0) is 16.6 Å². The molecule has 0 amide bonds. The van der Waals surface area contributed by atoms with Gasteiger partial charge >= 0.3 is 12.3 Å². The van der Waals surface area contributed by atoms with Crippen molar-refractivity contribution in [2.75, 3.05) is 7.11 Å². The van der Waals surface area contributed by atoms with Gasteiger partial charge in [-0.25, -0.2) is 4.79 Å². The van der Waals surface area contributed by atoms with Crippen molar-refractivity contribution in [1.29, 1.82) is 0 Å². The van der Waals surface area contributed by atoms with E-state index in [1.54, 1.807) is 18.2 Å². The molecule has 6 nitrogen and oxygen atoms in total. The van der Waals surface area contributed by atoms with Gasteiger partial charge in [0.1, 0.15) is 11.5 Å². The van der Waals surface area contributed by atoms with Gasteiger partial charge < -0.3 is 19.3 Å². The number of benzene rings is 3. The van der Waals surface area contributed by atoms with Crippen molar-refractivity contribution in [2.45, 2.75) is 37.9 Å². The minimum Gasteiger partial charge on any atom is -0.496 e. The zero-order chi connectivity index (χ0) is 25.0. The summed E-state index contributed by atoms with van der Waals surface area (Å²) in [4.78, 5) is 24.9. The summed E-state index contributed by atoms with van der Waals surface area (Å²) in [5.41, 5.74) is 3.07. The molecule has 0 spiro atoms. The number of fused-ring (bicyclic) bond motifs is 1. The third kappa shape index (κ3) is 4.09. The molecule has 3 aromatic rings. The zero-order valence-corrected chi connectivity index (χ0v) is 19.1. The highest BCUT2D eigenvalue weighted by Crippen LogP contribution is 2.52. The second kappa shape index (κ2) is 8.08. The molecule has 1 aliphatic carbocycles. The maximum absolute atomic E-state index is 13.4. The number of halogens is 2. The molecule has 182 valence electrons. The Bertz CT molecular complexity index is 1370. The van der Waals surface area contributed by atoms with E-state index in [2.05, 4.69) is 9.47 Å². The van der Waals surface area contributed by atoms with Crippen LogP contribution in [-0.4, -0.2) is 30.3 Å². The van der Waals surface area contributed by atoms with E-state index in [9.17, 15) is 23.5 Å². The molecular weight excluding hydrogens is 458 g/mol. The average Bonchev–Trinajstić information content (AvgIpc) is 3.57. The molecule has 0 unspecified atom stereocenters. The zero-order valence-electron chi connectivity index (χ0n) is 19.1. The topological polar surface area (TPSA) is 82.1 Å². The molecule has 35 heavy (non-hydrogen) atoms. The Hall–Kier alpha value is -3.94. The molecule has 0 bridgehead atoms. The van der Waals surface area contributed by atoms with Crippen LogP contribution in [0.4, 0.5) is 8.78 Å². The fraction of sp³-hybridized carbons (Fsp3) is 0.259. The van der Waals surface area contributed by atoms with Crippen molar-refractivity contribution in [1.82, 2.24) is 0 Å². The summed E-state index contributed by atoms with van der Waals surface area (Å²) in [6.07, 6.45) is -2.33. The van der Waals surface area contributed by atoms with Gasteiger partial charge in [-0.1, -0.05) is 24.3 Å². The average molecular weight is 482 g/mol. The molecule has 1 saturated carbocycles. The number of alkyl halides is 2. The number of methoxy groups -OCH3 is 1. The standard InChI is InChI=1S/C27H22F2O6.H2/c1-15-3-4-16(11-19(15)20-13-17(25(31)32)5-7-21(20)33-2)12-24(30)26(9-10-26)18-6-8-22-23(14-18)35-27(28,29)34-22;/h3-8,11,13-14H,9-10,12H2,1-2H3,(H,31,32);1H. The largest absolute Gasteiger partial charge is 0.586 e. The number of aryl methyl sites for hydroxylation is 1. The molecule has 3 aromatic carbocycles. The molecule has 1 heterocycles. The third-order valence-corrected chi connectivity index (χ3v) is 6.64. The van der Waals surface area contributed by atoms with E-state index in [0.717, 1.165) is 16.7 Å². The fourth-order valence-corrected chi connectivity index (χ4v) is 4.58. The lowest BCUT2D eigenvalue weighted by Gasteiger charge is -2.17. The Balaban J connectivity index is 0.00000304. The first-order valence-corrected chi connectivity index (χ1v) is 11.1. The summed E-state index contributed by atoms with van der Waals surface area (Å²) in [5, 5.41) is 9.41. The maximum Gasteiger partial charge on any atom is 0.586 e. The van der Waals surface area contributed by atoms with Crippen molar-refractivity contribution in [3.05, 3.63) is 76.9 Å². The lowest BCUT2D eigenvalue weighted by Crippen LogP contribution is -2.26. The van der Waals surface area contributed by atoms with E-state index < -0.39 is 17.7 Å². The Labute approximate surface area is 201 Å². The summed E-state index contributed by atoms with van der Waals surface area (Å²) in [5.74, 6) is -0.672. The summed E-state index contributed by atoms with van der Waals surface area (Å²) in [6.45, 7) is 1.90. The molecule has 8 heteroatoms. The number of aromatic carboxylic acids is 1. The Morgan fingerprint density at radius 1 is 1.00 bits per heavy atom. The Morgan fingerprint density at radius 3 is 2.43 bits per heavy atom. The van der Waals surface area contributed by atoms with Gasteiger partial charge in [-0.15, -0.1) is 8.78 Å². The van der Waals surface area contributed by atoms with Crippen molar-refractivity contribution in [3.8, 4) is 28.4 Å². The first-order chi connectivity index (χ1) is 16.6. The lowest BCUT2D eigenvalue weighted by atomic mass is 9.86. The summed E-state index contributed by atoms with van der Waals surface area (Å²) in [7, 11) is 1.51. The lowest BCUT2D eigenvalue weighted by molar-refractivity contribution is -0.286. The van der Waals surface area contributed by atoms with Crippen molar-refractivity contribution >= 4 is 11.8 Å². The van der Waals surface area contributed by atoms with E-state index in [-0.39, 0.29) is 30.7 Å². The number of Topliss-reactive ketones (excluding diaryl/α,β-unsaturated/α-hetero) is 1. The highest BCUT2D eigenvalue weighted by molar-refractivity contribution is 5.95. The molecular formula is C27H24F2O6. The van der Waals surface area contributed by atoms with Crippen LogP contribution in [0.2, 0.25) is 0 Å². The van der Waals surface area contributed by atoms with Crippen molar-refractivity contribution in [3.63, 3.8) is 0 Å². The first-order valence-electron chi connectivity index (χ1n) is 11.1. The van der Waals surface area contributed by atoms with Crippen LogP contribution < -0.4 is 14.2 Å². The predicted octanol–water partition coefficient (Wildman–Crippen LogP) is 5.78. The molecule has 0 radical (unpaired) electrons. The third-order valence-electron chi connectivity index (χ3n) is 6.64. The van der Waals surface area contributed by atoms with Gasteiger partial charge in [0.2, 0.25) is 0 Å². The van der Waals surface area contributed by atoms with Crippen LogP contribution in [0.15, 0.2) is 54.6 Å². The van der Waals surface area contributed by atoms with E-state index in [0.29, 0.717) is 29.7 Å². The van der Waals surface area contributed by atoms with Crippen LogP contribution in [0.1, 0.15) is 41.3 Å². The van der Waals surface area contributed by atoms with Crippen LogP contribution >= 0.6 is 0 Å². The molecule has 1 fully saturated rings. The SMILES string of the molecule is COc1ccc(C(=O)O)cc1-c1cc(CC(=O)C2(c3ccc4c(c3)OC(F)(F)O4)CC2)ccc1C.[HH]. The Kier molecular flexibility index (Phi) is 5.27. The Morgan fingerprint density at radius 2 is 1.74 bits per heavy atom. The van der Waals surface area contributed by atoms with E-state index in [1.807, 2.05) is 25.1 Å². The molecule has 0 atom stereocenters. The number of ketones is 1.